The Kier molecular flexibility index (Phi) is 3.81. The van der Waals surface area contributed by atoms with Crippen molar-refractivity contribution in [1.82, 2.24) is 0 Å². The van der Waals surface area contributed by atoms with Crippen LogP contribution in [0.4, 0.5) is 10.1 Å². The number of hydrogen-bond donors (Lipinski definition) is 1. The van der Waals surface area contributed by atoms with Gasteiger partial charge in [-0.15, -0.1) is 0 Å². The predicted molar refractivity (Wildman–Crippen MR) is 77.9 cm³/mol. The lowest BCUT2D eigenvalue weighted by molar-refractivity contribution is 0.600. The van der Waals surface area contributed by atoms with Crippen molar-refractivity contribution in [2.24, 2.45) is 0 Å². The molecule has 0 spiro atoms. The van der Waals surface area contributed by atoms with E-state index in [9.17, 15) is 12.8 Å². The van der Waals surface area contributed by atoms with Gasteiger partial charge < -0.3 is 0 Å². The first-order valence-electron chi connectivity index (χ1n) is 6.16. The van der Waals surface area contributed by atoms with E-state index >= 15 is 0 Å². The van der Waals surface area contributed by atoms with Gasteiger partial charge in [-0.3, -0.25) is 4.72 Å². The molecule has 0 aliphatic heterocycles. The Hall–Kier alpha value is -1.88. The summed E-state index contributed by atoms with van der Waals surface area (Å²) in [5.41, 5.74) is 2.60. The summed E-state index contributed by atoms with van der Waals surface area (Å²) in [4.78, 5) is 0.229. The molecule has 5 heteroatoms. The third kappa shape index (κ3) is 2.99. The van der Waals surface area contributed by atoms with Crippen molar-refractivity contribution in [3.63, 3.8) is 0 Å². The number of aryl methyl sites for hydroxylation is 3. The van der Waals surface area contributed by atoms with Crippen molar-refractivity contribution in [3.05, 3.63) is 58.9 Å². The van der Waals surface area contributed by atoms with Crippen molar-refractivity contribution < 1.29 is 12.8 Å². The SMILES string of the molecule is Cc1ccc(S(=O)(=O)Nc2ccc(F)cc2C)c(C)c1. The molecule has 0 heterocycles. The molecule has 0 fully saturated rings. The Bertz CT molecular complexity index is 754. The molecule has 0 atom stereocenters. The van der Waals surface area contributed by atoms with E-state index in [4.69, 9.17) is 0 Å². The number of sulfonamides is 1. The van der Waals surface area contributed by atoms with Gasteiger partial charge in [-0.05, 0) is 56.2 Å². The first-order valence-corrected chi connectivity index (χ1v) is 7.64. The quantitative estimate of drug-likeness (QED) is 0.940. The van der Waals surface area contributed by atoms with Crippen molar-refractivity contribution in [2.75, 3.05) is 4.72 Å². The standard InChI is InChI=1S/C15H16FNO2S/c1-10-4-7-15(12(3)8-10)20(18,19)17-14-6-5-13(16)9-11(14)2/h4-9,17H,1-3H3. The molecule has 2 aromatic rings. The molecule has 20 heavy (non-hydrogen) atoms. The van der Waals surface area contributed by atoms with E-state index < -0.39 is 15.8 Å². The summed E-state index contributed by atoms with van der Waals surface area (Å²) in [6.07, 6.45) is 0. The van der Waals surface area contributed by atoms with Crippen LogP contribution in [0.15, 0.2) is 41.3 Å². The molecule has 2 rings (SSSR count). The summed E-state index contributed by atoms with van der Waals surface area (Å²) in [5.74, 6) is -0.392. The summed E-state index contributed by atoms with van der Waals surface area (Å²) in [5, 5.41) is 0. The minimum absolute atomic E-state index is 0.229. The Morgan fingerprint density at radius 2 is 1.65 bits per heavy atom. The average molecular weight is 293 g/mol. The lowest BCUT2D eigenvalue weighted by atomic mass is 10.2. The van der Waals surface area contributed by atoms with Crippen molar-refractivity contribution in [3.8, 4) is 0 Å². The average Bonchev–Trinajstić information content (AvgIpc) is 2.32. The van der Waals surface area contributed by atoms with Crippen LogP contribution in [0.5, 0.6) is 0 Å². The number of hydrogen-bond acceptors (Lipinski definition) is 2. The summed E-state index contributed by atoms with van der Waals surface area (Å²) < 4.78 is 40.3. The van der Waals surface area contributed by atoms with E-state index in [1.807, 2.05) is 13.0 Å². The molecule has 3 nitrogen and oxygen atoms in total. The van der Waals surface area contributed by atoms with Crippen molar-refractivity contribution in [1.29, 1.82) is 0 Å². The molecule has 0 amide bonds. The Morgan fingerprint density at radius 1 is 0.950 bits per heavy atom. The normalized spacial score (nSPS) is 11.4. The van der Waals surface area contributed by atoms with Gasteiger partial charge in [0.1, 0.15) is 5.82 Å². The highest BCUT2D eigenvalue weighted by Crippen LogP contribution is 2.22. The molecule has 0 radical (unpaired) electrons. The van der Waals surface area contributed by atoms with E-state index in [2.05, 4.69) is 4.72 Å². The van der Waals surface area contributed by atoms with Gasteiger partial charge in [0.15, 0.2) is 0 Å². The first kappa shape index (κ1) is 14.5. The molecule has 106 valence electrons. The van der Waals surface area contributed by atoms with Crippen LogP contribution in [0.3, 0.4) is 0 Å². The van der Waals surface area contributed by atoms with Crippen LogP contribution in [-0.2, 0) is 10.0 Å². The fourth-order valence-electron chi connectivity index (χ4n) is 2.04. The van der Waals surface area contributed by atoms with Crippen LogP contribution in [-0.4, -0.2) is 8.42 Å². The van der Waals surface area contributed by atoms with Gasteiger partial charge in [0, 0.05) is 0 Å². The van der Waals surface area contributed by atoms with Crippen molar-refractivity contribution >= 4 is 15.7 Å². The highest BCUT2D eigenvalue weighted by atomic mass is 32.2. The Morgan fingerprint density at radius 3 is 2.25 bits per heavy atom. The number of halogens is 1. The third-order valence-corrected chi connectivity index (χ3v) is 4.58. The molecule has 0 saturated carbocycles. The maximum atomic E-state index is 13.0. The van der Waals surface area contributed by atoms with Gasteiger partial charge in [-0.2, -0.15) is 0 Å². The zero-order valence-electron chi connectivity index (χ0n) is 11.6. The minimum Gasteiger partial charge on any atom is -0.279 e. The van der Waals surface area contributed by atoms with Gasteiger partial charge in [-0.25, -0.2) is 12.8 Å². The molecule has 0 unspecified atom stereocenters. The molecular formula is C15H16FNO2S. The fraction of sp³-hybridized carbons (Fsp3) is 0.200. The van der Waals surface area contributed by atoms with Crippen molar-refractivity contribution in [2.45, 2.75) is 25.7 Å². The molecule has 0 saturated heterocycles. The molecule has 1 N–H and O–H groups in total. The second-order valence-corrected chi connectivity index (χ2v) is 6.48. The largest absolute Gasteiger partial charge is 0.279 e. The lowest BCUT2D eigenvalue weighted by Crippen LogP contribution is -2.15. The number of anilines is 1. The molecular weight excluding hydrogens is 277 g/mol. The fourth-order valence-corrected chi connectivity index (χ4v) is 3.40. The summed E-state index contributed by atoms with van der Waals surface area (Å²) in [6, 6.07) is 9.08. The maximum absolute atomic E-state index is 13.0. The molecule has 0 bridgehead atoms. The summed E-state index contributed by atoms with van der Waals surface area (Å²) >= 11 is 0. The van der Waals surface area contributed by atoms with Gasteiger partial charge in [0.2, 0.25) is 0 Å². The molecule has 0 aliphatic rings. The zero-order valence-corrected chi connectivity index (χ0v) is 12.4. The van der Waals surface area contributed by atoms with Gasteiger partial charge in [0.05, 0.1) is 10.6 Å². The van der Waals surface area contributed by atoms with E-state index in [-0.39, 0.29) is 4.90 Å². The van der Waals surface area contributed by atoms with Crippen LogP contribution in [0.2, 0.25) is 0 Å². The van der Waals surface area contributed by atoms with Crippen LogP contribution in [0, 0.1) is 26.6 Å². The summed E-state index contributed by atoms with van der Waals surface area (Å²) in [6.45, 7) is 5.31. The predicted octanol–water partition coefficient (Wildman–Crippen LogP) is 3.55. The zero-order chi connectivity index (χ0) is 14.9. The van der Waals surface area contributed by atoms with Crippen LogP contribution in [0.1, 0.15) is 16.7 Å². The van der Waals surface area contributed by atoms with Crippen LogP contribution in [0.25, 0.3) is 0 Å². The van der Waals surface area contributed by atoms with E-state index in [0.29, 0.717) is 16.8 Å². The smallest absolute Gasteiger partial charge is 0.262 e. The van der Waals surface area contributed by atoms with E-state index in [1.54, 1.807) is 26.0 Å². The van der Waals surface area contributed by atoms with E-state index in [1.165, 1.54) is 18.2 Å². The molecule has 0 aliphatic carbocycles. The molecule has 0 aromatic heterocycles. The second-order valence-electron chi connectivity index (χ2n) is 4.83. The first-order chi connectivity index (χ1) is 9.29. The second kappa shape index (κ2) is 5.25. The highest BCUT2D eigenvalue weighted by molar-refractivity contribution is 7.92. The number of rotatable bonds is 3. The molecule has 2 aromatic carbocycles. The lowest BCUT2D eigenvalue weighted by Gasteiger charge is -2.12. The number of benzene rings is 2. The van der Waals surface area contributed by atoms with Crippen LogP contribution < -0.4 is 4.72 Å². The summed E-state index contributed by atoms with van der Waals surface area (Å²) in [7, 11) is -3.67. The monoisotopic (exact) mass is 293 g/mol. The Balaban J connectivity index is 2.41. The third-order valence-electron chi connectivity index (χ3n) is 3.05. The van der Waals surface area contributed by atoms with Gasteiger partial charge in [-0.1, -0.05) is 17.7 Å². The number of nitrogens with one attached hydrogen (secondary N) is 1. The van der Waals surface area contributed by atoms with E-state index in [0.717, 1.165) is 5.56 Å². The van der Waals surface area contributed by atoms with Crippen LogP contribution >= 0.6 is 0 Å². The Labute approximate surface area is 118 Å². The van der Waals surface area contributed by atoms with Gasteiger partial charge in [0.25, 0.3) is 10.0 Å². The minimum atomic E-state index is -3.67. The van der Waals surface area contributed by atoms with Gasteiger partial charge >= 0.3 is 0 Å². The maximum Gasteiger partial charge on any atom is 0.262 e. The topological polar surface area (TPSA) is 46.2 Å². The highest BCUT2D eigenvalue weighted by Gasteiger charge is 2.17.